The van der Waals surface area contributed by atoms with Gasteiger partial charge in [0.2, 0.25) is 0 Å². The van der Waals surface area contributed by atoms with E-state index in [1.54, 1.807) is 6.07 Å². The summed E-state index contributed by atoms with van der Waals surface area (Å²) in [6.45, 7) is 5.18. The molecule has 0 aliphatic rings. The topological polar surface area (TPSA) is 95.3 Å². The number of hydrogen-bond acceptors (Lipinski definition) is 5. The third-order valence-electron chi connectivity index (χ3n) is 2.71. The van der Waals surface area contributed by atoms with Crippen LogP contribution in [0.4, 0.5) is 0 Å². The lowest BCUT2D eigenvalue weighted by Crippen LogP contribution is -2.33. The molecule has 1 rings (SSSR count). The van der Waals surface area contributed by atoms with Gasteiger partial charge in [-0.05, 0) is 19.9 Å². The molecule has 1 aromatic rings. The molecule has 0 radical (unpaired) electrons. The number of furan rings is 1. The fraction of sp³-hybridized carbons (Fsp3) is 0.500. The number of carbonyl (C=O) groups is 1. The van der Waals surface area contributed by atoms with Crippen molar-refractivity contribution >= 4 is 5.91 Å². The van der Waals surface area contributed by atoms with Crippen molar-refractivity contribution in [1.82, 2.24) is 10.3 Å². The molecule has 0 aliphatic carbocycles. The number of nitrogens with zero attached hydrogens (tertiary/aromatic N) is 2. The Morgan fingerprint density at radius 2 is 2.39 bits per heavy atom. The maximum Gasteiger partial charge on any atom is 0.268 e. The van der Waals surface area contributed by atoms with E-state index in [0.717, 1.165) is 0 Å². The highest BCUT2D eigenvalue weighted by Gasteiger charge is 2.18. The van der Waals surface area contributed by atoms with Gasteiger partial charge in [-0.3, -0.25) is 15.1 Å². The summed E-state index contributed by atoms with van der Waals surface area (Å²) in [5, 5.41) is 8.62. The molecular formula is C12H18N4O2. The van der Waals surface area contributed by atoms with Crippen molar-refractivity contribution in [2.24, 2.45) is 5.84 Å². The number of hydrazine groups is 1. The average Bonchev–Trinajstić information content (AvgIpc) is 2.81. The van der Waals surface area contributed by atoms with Crippen LogP contribution in [0.25, 0.3) is 0 Å². The maximum absolute atomic E-state index is 11.5. The zero-order valence-electron chi connectivity index (χ0n) is 10.6. The van der Waals surface area contributed by atoms with Crippen LogP contribution in [0.3, 0.4) is 0 Å². The molecule has 98 valence electrons. The number of carbonyl (C=O) groups excluding carboxylic acids is 1. The number of rotatable bonds is 6. The average molecular weight is 250 g/mol. The van der Waals surface area contributed by atoms with E-state index in [4.69, 9.17) is 15.5 Å². The lowest BCUT2D eigenvalue weighted by atomic mass is 10.2. The summed E-state index contributed by atoms with van der Waals surface area (Å²) in [7, 11) is 0. The number of nitrogen functional groups attached to an aromatic ring is 1. The van der Waals surface area contributed by atoms with Gasteiger partial charge in [-0.25, -0.2) is 5.84 Å². The lowest BCUT2D eigenvalue weighted by Gasteiger charge is -2.24. The van der Waals surface area contributed by atoms with E-state index in [2.05, 4.69) is 16.4 Å². The summed E-state index contributed by atoms with van der Waals surface area (Å²) < 4.78 is 5.31. The molecule has 0 spiro atoms. The molecule has 0 fully saturated rings. The van der Waals surface area contributed by atoms with Crippen molar-refractivity contribution < 1.29 is 9.21 Å². The van der Waals surface area contributed by atoms with E-state index < -0.39 is 0 Å². The molecule has 0 aliphatic heterocycles. The third kappa shape index (κ3) is 3.58. The summed E-state index contributed by atoms with van der Waals surface area (Å²) in [5.41, 5.74) is 2.51. The summed E-state index contributed by atoms with van der Waals surface area (Å²) in [6.07, 6.45) is 1.90. The first-order valence-corrected chi connectivity index (χ1v) is 5.78. The summed E-state index contributed by atoms with van der Waals surface area (Å²) in [6, 6.07) is 3.95. The Bertz CT molecular complexity index is 434. The van der Waals surface area contributed by atoms with Crippen LogP contribution < -0.4 is 11.3 Å². The lowest BCUT2D eigenvalue weighted by molar-refractivity contribution is 0.0948. The van der Waals surface area contributed by atoms with Gasteiger partial charge in [0, 0.05) is 19.0 Å². The number of hydrogen-bond donors (Lipinski definition) is 2. The van der Waals surface area contributed by atoms with E-state index in [9.17, 15) is 4.79 Å². The van der Waals surface area contributed by atoms with Crippen molar-refractivity contribution in [1.29, 1.82) is 5.26 Å². The predicted molar refractivity (Wildman–Crippen MR) is 66.1 cm³/mol. The Balaban J connectivity index is 2.78. The first-order valence-electron chi connectivity index (χ1n) is 5.78. The fourth-order valence-electron chi connectivity index (χ4n) is 1.64. The van der Waals surface area contributed by atoms with Crippen molar-refractivity contribution in [3.05, 3.63) is 23.7 Å². The van der Waals surface area contributed by atoms with Crippen molar-refractivity contribution in [3.8, 4) is 6.07 Å². The Labute approximate surface area is 106 Å². The highest BCUT2D eigenvalue weighted by Crippen LogP contribution is 2.15. The smallest absolute Gasteiger partial charge is 0.268 e. The minimum atomic E-state index is -0.372. The fourth-order valence-corrected chi connectivity index (χ4v) is 1.64. The van der Waals surface area contributed by atoms with Gasteiger partial charge >= 0.3 is 0 Å². The minimum Gasteiger partial charge on any atom is -0.467 e. The second-order valence-electron chi connectivity index (χ2n) is 4.20. The summed E-state index contributed by atoms with van der Waals surface area (Å²) >= 11 is 0. The van der Waals surface area contributed by atoms with Crippen molar-refractivity contribution in [3.63, 3.8) is 0 Å². The van der Waals surface area contributed by atoms with E-state index in [0.29, 0.717) is 30.8 Å². The molecule has 0 bridgehead atoms. The van der Waals surface area contributed by atoms with Gasteiger partial charge < -0.3 is 4.42 Å². The Morgan fingerprint density at radius 3 is 2.94 bits per heavy atom. The number of nitriles is 1. The molecular weight excluding hydrogens is 232 g/mol. The zero-order chi connectivity index (χ0) is 13.5. The van der Waals surface area contributed by atoms with Crippen LogP contribution >= 0.6 is 0 Å². The van der Waals surface area contributed by atoms with Crippen LogP contribution in [0, 0.1) is 11.3 Å². The van der Waals surface area contributed by atoms with E-state index in [1.165, 1.54) is 6.26 Å². The standard InChI is InChI=1S/C12H18N4O2/c1-9(2)16(6-3-5-13)8-11-10(4-7-18-11)12(17)15-14/h4,7,9H,3,6,8,14H2,1-2H3,(H,15,17). The normalized spacial score (nSPS) is 10.7. The van der Waals surface area contributed by atoms with Crippen LogP contribution in [0.2, 0.25) is 0 Å². The van der Waals surface area contributed by atoms with Gasteiger partial charge in [0.05, 0.1) is 24.4 Å². The summed E-state index contributed by atoms with van der Waals surface area (Å²) in [4.78, 5) is 13.6. The molecule has 0 atom stereocenters. The van der Waals surface area contributed by atoms with Crippen LogP contribution in [-0.4, -0.2) is 23.4 Å². The van der Waals surface area contributed by atoms with E-state index in [-0.39, 0.29) is 11.9 Å². The van der Waals surface area contributed by atoms with Gasteiger partial charge in [0.25, 0.3) is 5.91 Å². The molecule has 6 nitrogen and oxygen atoms in total. The second kappa shape index (κ2) is 6.79. The predicted octanol–water partition coefficient (Wildman–Crippen LogP) is 1.01. The maximum atomic E-state index is 11.5. The minimum absolute atomic E-state index is 0.261. The van der Waals surface area contributed by atoms with Gasteiger partial charge in [0.1, 0.15) is 5.76 Å². The molecule has 1 heterocycles. The first-order chi connectivity index (χ1) is 8.60. The molecule has 0 saturated heterocycles. The highest BCUT2D eigenvalue weighted by molar-refractivity contribution is 5.94. The quantitative estimate of drug-likeness (QED) is 0.446. The van der Waals surface area contributed by atoms with E-state index in [1.807, 2.05) is 13.8 Å². The molecule has 0 saturated carbocycles. The zero-order valence-corrected chi connectivity index (χ0v) is 10.6. The second-order valence-corrected chi connectivity index (χ2v) is 4.20. The monoisotopic (exact) mass is 250 g/mol. The molecule has 1 amide bonds. The Kier molecular flexibility index (Phi) is 5.36. The molecule has 0 aromatic carbocycles. The molecule has 1 aromatic heterocycles. The molecule has 6 heteroatoms. The van der Waals surface area contributed by atoms with Gasteiger partial charge in [-0.2, -0.15) is 5.26 Å². The van der Waals surface area contributed by atoms with Crippen LogP contribution in [-0.2, 0) is 6.54 Å². The summed E-state index contributed by atoms with van der Waals surface area (Å²) in [5.74, 6) is 5.29. The van der Waals surface area contributed by atoms with Gasteiger partial charge in [0.15, 0.2) is 0 Å². The van der Waals surface area contributed by atoms with Crippen LogP contribution in [0.15, 0.2) is 16.7 Å². The highest BCUT2D eigenvalue weighted by atomic mass is 16.3. The first kappa shape index (κ1) is 14.2. The molecule has 18 heavy (non-hydrogen) atoms. The van der Waals surface area contributed by atoms with E-state index >= 15 is 0 Å². The number of nitrogens with two attached hydrogens (primary N) is 1. The SMILES string of the molecule is CC(C)N(CCC#N)Cc1occc1C(=O)NN. The van der Waals surface area contributed by atoms with Crippen LogP contribution in [0.1, 0.15) is 36.4 Å². The van der Waals surface area contributed by atoms with Gasteiger partial charge in [-0.15, -0.1) is 0 Å². The number of nitrogens with one attached hydrogen (secondary N) is 1. The third-order valence-corrected chi connectivity index (χ3v) is 2.71. The van der Waals surface area contributed by atoms with Crippen molar-refractivity contribution in [2.45, 2.75) is 32.9 Å². The largest absolute Gasteiger partial charge is 0.467 e. The number of amides is 1. The molecule has 0 unspecified atom stereocenters. The Hall–Kier alpha value is -1.84. The van der Waals surface area contributed by atoms with Crippen LogP contribution in [0.5, 0.6) is 0 Å². The Morgan fingerprint density at radius 1 is 1.67 bits per heavy atom. The van der Waals surface area contributed by atoms with Gasteiger partial charge in [-0.1, -0.05) is 0 Å². The molecule has 3 N–H and O–H groups in total. The van der Waals surface area contributed by atoms with Crippen molar-refractivity contribution in [2.75, 3.05) is 6.54 Å².